The molecule has 0 aliphatic rings. The van der Waals surface area contributed by atoms with E-state index in [2.05, 4.69) is 15.6 Å². The van der Waals surface area contributed by atoms with E-state index in [4.69, 9.17) is 10.9 Å². The maximum Gasteiger partial charge on any atom is 0.234 e. The molecule has 0 radical (unpaired) electrons. The number of carbonyl (C=O) groups is 1. The Morgan fingerprint density at radius 3 is 2.52 bits per heavy atom. The van der Waals surface area contributed by atoms with Crippen LogP contribution in [0.2, 0.25) is 0 Å². The lowest BCUT2D eigenvalue weighted by atomic mass is 9.77. The lowest BCUT2D eigenvalue weighted by Gasteiger charge is -2.30. The summed E-state index contributed by atoms with van der Waals surface area (Å²) in [6.07, 6.45) is 6.19. The van der Waals surface area contributed by atoms with Gasteiger partial charge in [0.05, 0.1) is 6.20 Å². The molecule has 0 fully saturated rings. The molecule has 1 amide bonds. The Bertz CT molecular complexity index is 489. The topological polar surface area (TPSA) is 106 Å². The monoisotopic (exact) mass is 295 g/mol. The molecule has 0 unspecified atom stereocenters. The molecule has 1 aromatic heterocycles. The van der Waals surface area contributed by atoms with Gasteiger partial charge in [-0.3, -0.25) is 9.48 Å². The smallest absolute Gasteiger partial charge is 0.234 e. The molecule has 0 spiro atoms. The molecule has 0 aromatic carbocycles. The number of aromatic nitrogens is 2. The molecular formula is C14H25N5O2. The summed E-state index contributed by atoms with van der Waals surface area (Å²) in [7, 11) is 1.82. The second-order valence-electron chi connectivity index (χ2n) is 5.27. The summed E-state index contributed by atoms with van der Waals surface area (Å²) in [6, 6.07) is 0. The molecule has 1 rings (SSSR count). The standard InChI is InChI=1S/C14H25N5O2/c1-4-6-14(7-5-2,12(15)18-21)13(20)16-8-11-9-17-19(3)10-11/h9-10,21H,4-8H2,1-3H3,(H2,15,18)(H,16,20). The number of carbonyl (C=O) groups excluding carboxylic acids is 1. The molecular weight excluding hydrogens is 270 g/mol. The number of aryl methyl sites for hydroxylation is 1. The number of hydrogen-bond donors (Lipinski definition) is 3. The van der Waals surface area contributed by atoms with Crippen LogP contribution in [0.4, 0.5) is 0 Å². The van der Waals surface area contributed by atoms with E-state index in [-0.39, 0.29) is 11.7 Å². The number of nitrogens with zero attached hydrogens (tertiary/aromatic N) is 3. The molecule has 4 N–H and O–H groups in total. The molecule has 0 aliphatic heterocycles. The van der Waals surface area contributed by atoms with Gasteiger partial charge < -0.3 is 16.3 Å². The van der Waals surface area contributed by atoms with Crippen LogP contribution in [0.3, 0.4) is 0 Å². The lowest BCUT2D eigenvalue weighted by molar-refractivity contribution is -0.128. The van der Waals surface area contributed by atoms with Crippen LogP contribution in [0.1, 0.15) is 45.1 Å². The van der Waals surface area contributed by atoms with Gasteiger partial charge in [-0.25, -0.2) is 0 Å². The molecule has 21 heavy (non-hydrogen) atoms. The minimum atomic E-state index is -0.944. The number of oxime groups is 1. The zero-order valence-electron chi connectivity index (χ0n) is 13.0. The molecule has 0 saturated heterocycles. The minimum absolute atomic E-state index is 0.0186. The van der Waals surface area contributed by atoms with Crippen LogP contribution in [-0.2, 0) is 18.4 Å². The van der Waals surface area contributed by atoms with Crippen LogP contribution in [0.15, 0.2) is 17.5 Å². The average molecular weight is 295 g/mol. The first-order valence-corrected chi connectivity index (χ1v) is 7.24. The second-order valence-corrected chi connectivity index (χ2v) is 5.27. The SMILES string of the molecule is CCCC(CCC)(C(=O)NCc1cnn(C)c1)C(N)=NO. The van der Waals surface area contributed by atoms with Crippen molar-refractivity contribution in [2.24, 2.45) is 23.4 Å². The van der Waals surface area contributed by atoms with Gasteiger partial charge in [-0.05, 0) is 12.8 Å². The molecule has 0 aliphatic carbocycles. The van der Waals surface area contributed by atoms with E-state index in [1.54, 1.807) is 10.9 Å². The predicted molar refractivity (Wildman–Crippen MR) is 80.7 cm³/mol. The van der Waals surface area contributed by atoms with Crippen LogP contribution in [0.5, 0.6) is 0 Å². The maximum atomic E-state index is 12.6. The van der Waals surface area contributed by atoms with E-state index < -0.39 is 5.41 Å². The first kappa shape index (κ1) is 17.0. The summed E-state index contributed by atoms with van der Waals surface area (Å²) in [5.41, 5.74) is 5.79. The fourth-order valence-electron chi connectivity index (χ4n) is 2.59. The minimum Gasteiger partial charge on any atom is -0.409 e. The van der Waals surface area contributed by atoms with Crippen LogP contribution < -0.4 is 11.1 Å². The largest absolute Gasteiger partial charge is 0.409 e. The van der Waals surface area contributed by atoms with E-state index in [0.29, 0.717) is 19.4 Å². The highest BCUT2D eigenvalue weighted by atomic mass is 16.4. The van der Waals surface area contributed by atoms with Gasteiger partial charge in [-0.1, -0.05) is 31.8 Å². The zero-order chi connectivity index (χ0) is 15.9. The number of rotatable bonds is 8. The third-order valence-electron chi connectivity index (χ3n) is 3.60. The van der Waals surface area contributed by atoms with Crippen LogP contribution in [0.25, 0.3) is 0 Å². The van der Waals surface area contributed by atoms with Crippen LogP contribution in [-0.4, -0.2) is 26.7 Å². The summed E-state index contributed by atoms with van der Waals surface area (Å²) in [6.45, 7) is 4.33. The van der Waals surface area contributed by atoms with Crippen molar-refractivity contribution >= 4 is 11.7 Å². The van der Waals surface area contributed by atoms with Crippen LogP contribution in [0, 0.1) is 5.41 Å². The third kappa shape index (κ3) is 3.96. The number of nitrogens with one attached hydrogen (secondary N) is 1. The predicted octanol–water partition coefficient (Wildman–Crippen LogP) is 1.37. The van der Waals surface area contributed by atoms with Gasteiger partial charge >= 0.3 is 0 Å². The van der Waals surface area contributed by atoms with Gasteiger partial charge in [0.25, 0.3) is 0 Å². The summed E-state index contributed by atoms with van der Waals surface area (Å²) in [5.74, 6) is -0.222. The Labute approximate surface area is 125 Å². The maximum absolute atomic E-state index is 12.6. The van der Waals surface area contributed by atoms with Crippen molar-refractivity contribution < 1.29 is 10.0 Å². The number of hydrogen-bond acceptors (Lipinski definition) is 4. The number of amides is 1. The van der Waals surface area contributed by atoms with Crippen molar-refractivity contribution in [3.05, 3.63) is 18.0 Å². The summed E-state index contributed by atoms with van der Waals surface area (Å²) >= 11 is 0. The van der Waals surface area contributed by atoms with Crippen molar-refractivity contribution in [3.63, 3.8) is 0 Å². The highest BCUT2D eigenvalue weighted by Crippen LogP contribution is 2.30. The average Bonchev–Trinajstić information content (AvgIpc) is 2.89. The fraction of sp³-hybridized carbons (Fsp3) is 0.643. The van der Waals surface area contributed by atoms with E-state index >= 15 is 0 Å². The lowest BCUT2D eigenvalue weighted by Crippen LogP contribution is -2.49. The van der Waals surface area contributed by atoms with Gasteiger partial charge in [-0.2, -0.15) is 5.10 Å². The summed E-state index contributed by atoms with van der Waals surface area (Å²) in [4.78, 5) is 12.6. The molecule has 0 atom stereocenters. The van der Waals surface area contributed by atoms with Gasteiger partial charge in [-0.15, -0.1) is 0 Å². The van der Waals surface area contributed by atoms with E-state index in [1.807, 2.05) is 27.1 Å². The molecule has 0 bridgehead atoms. The molecule has 118 valence electrons. The molecule has 0 saturated carbocycles. The Morgan fingerprint density at radius 2 is 2.10 bits per heavy atom. The van der Waals surface area contributed by atoms with Crippen molar-refractivity contribution in [1.82, 2.24) is 15.1 Å². The second kappa shape index (κ2) is 7.66. The van der Waals surface area contributed by atoms with Crippen molar-refractivity contribution in [2.45, 2.75) is 46.1 Å². The first-order valence-electron chi connectivity index (χ1n) is 7.24. The zero-order valence-corrected chi connectivity index (χ0v) is 13.0. The van der Waals surface area contributed by atoms with E-state index in [9.17, 15) is 4.79 Å². The first-order chi connectivity index (χ1) is 10.00. The highest BCUT2D eigenvalue weighted by molar-refractivity contribution is 6.06. The van der Waals surface area contributed by atoms with Crippen molar-refractivity contribution in [3.8, 4) is 0 Å². The summed E-state index contributed by atoms with van der Waals surface area (Å²) < 4.78 is 1.68. The van der Waals surface area contributed by atoms with Crippen molar-refractivity contribution in [2.75, 3.05) is 0 Å². The Balaban J connectivity index is 2.88. The number of amidine groups is 1. The Hall–Kier alpha value is -2.05. The summed E-state index contributed by atoms with van der Waals surface area (Å²) in [5, 5.41) is 19.1. The van der Waals surface area contributed by atoms with Gasteiger partial charge in [0.1, 0.15) is 5.41 Å². The van der Waals surface area contributed by atoms with Gasteiger partial charge in [0.15, 0.2) is 5.84 Å². The molecule has 7 heteroatoms. The van der Waals surface area contributed by atoms with E-state index in [1.165, 1.54) is 0 Å². The molecule has 1 aromatic rings. The van der Waals surface area contributed by atoms with Gasteiger partial charge in [0.2, 0.25) is 5.91 Å². The van der Waals surface area contributed by atoms with Gasteiger partial charge in [0, 0.05) is 25.4 Å². The molecule has 1 heterocycles. The third-order valence-corrected chi connectivity index (χ3v) is 3.60. The fourth-order valence-corrected chi connectivity index (χ4v) is 2.59. The van der Waals surface area contributed by atoms with Crippen LogP contribution >= 0.6 is 0 Å². The quantitative estimate of drug-likeness (QED) is 0.291. The highest BCUT2D eigenvalue weighted by Gasteiger charge is 2.41. The van der Waals surface area contributed by atoms with E-state index in [0.717, 1.165) is 18.4 Å². The van der Waals surface area contributed by atoms with Crippen molar-refractivity contribution in [1.29, 1.82) is 0 Å². The number of nitrogens with two attached hydrogens (primary N) is 1. The Kier molecular flexibility index (Phi) is 6.20. The normalized spacial score (nSPS) is 12.4. The molecule has 7 nitrogen and oxygen atoms in total. The Morgan fingerprint density at radius 1 is 1.48 bits per heavy atom.